The Morgan fingerprint density at radius 3 is 2.76 bits per heavy atom. The van der Waals surface area contributed by atoms with Crippen LogP contribution in [0, 0.1) is 0 Å². The predicted octanol–water partition coefficient (Wildman–Crippen LogP) is 2.15. The molecule has 0 aromatic carbocycles. The summed E-state index contributed by atoms with van der Waals surface area (Å²) in [4.78, 5) is 12.2. The Bertz CT molecular complexity index is 489. The molecule has 0 fully saturated rings. The van der Waals surface area contributed by atoms with E-state index in [0.717, 1.165) is 5.56 Å². The van der Waals surface area contributed by atoms with Crippen LogP contribution in [0.3, 0.4) is 0 Å². The van der Waals surface area contributed by atoms with E-state index < -0.39 is 0 Å². The molecule has 2 aromatic rings. The Morgan fingerprint density at radius 2 is 2.06 bits per heavy atom. The van der Waals surface area contributed by atoms with Crippen LogP contribution < -0.4 is 10.1 Å². The maximum absolute atomic E-state index is 5.69. The smallest absolute Gasteiger partial charge is 0.222 e. The second kappa shape index (κ2) is 5.45. The molecule has 1 N–H and O–H groups in total. The number of pyridine rings is 1. The van der Waals surface area contributed by atoms with Gasteiger partial charge in [0.05, 0.1) is 24.5 Å². The van der Waals surface area contributed by atoms with Crippen LogP contribution in [-0.4, -0.2) is 22.1 Å². The summed E-state index contributed by atoms with van der Waals surface area (Å²) in [6.07, 6.45) is 4.76. The minimum atomic E-state index is 0.509. The third-order valence-corrected chi connectivity index (χ3v) is 2.30. The molecule has 2 aromatic heterocycles. The lowest BCUT2D eigenvalue weighted by Gasteiger charge is -2.07. The first-order chi connectivity index (χ1) is 8.29. The van der Waals surface area contributed by atoms with Gasteiger partial charge in [0.1, 0.15) is 0 Å². The Kier molecular flexibility index (Phi) is 3.72. The highest BCUT2D eigenvalue weighted by atomic mass is 35.5. The number of halogens is 1. The molecule has 0 amide bonds. The number of ether oxygens (including phenoxy) is 1. The molecule has 0 aliphatic rings. The normalized spacial score (nSPS) is 10.0. The molecule has 0 unspecified atom stereocenters. The largest absolute Gasteiger partial charge is 0.481 e. The number of nitrogens with zero attached hydrogens (tertiary/aromatic N) is 3. The molecule has 0 atom stereocenters. The van der Waals surface area contributed by atoms with Crippen LogP contribution in [0.5, 0.6) is 5.88 Å². The highest BCUT2D eigenvalue weighted by Gasteiger charge is 2.03. The summed E-state index contributed by atoms with van der Waals surface area (Å²) < 4.78 is 5.14. The summed E-state index contributed by atoms with van der Waals surface area (Å²) >= 11 is 5.69. The number of hydrogen-bond donors (Lipinski definition) is 1. The van der Waals surface area contributed by atoms with E-state index in [1.54, 1.807) is 13.3 Å². The number of methoxy groups -OCH3 is 1. The molecule has 0 bridgehead atoms. The molecule has 0 saturated heterocycles. The third kappa shape index (κ3) is 3.04. The lowest BCUT2D eigenvalue weighted by Crippen LogP contribution is -2.05. The van der Waals surface area contributed by atoms with Gasteiger partial charge in [-0.05, 0) is 6.07 Å². The van der Waals surface area contributed by atoms with Crippen LogP contribution in [0.25, 0.3) is 0 Å². The zero-order valence-electron chi connectivity index (χ0n) is 9.22. The van der Waals surface area contributed by atoms with Crippen LogP contribution in [0.1, 0.15) is 5.56 Å². The van der Waals surface area contributed by atoms with Gasteiger partial charge in [-0.1, -0.05) is 17.7 Å². The van der Waals surface area contributed by atoms with Crippen LogP contribution in [0.4, 0.5) is 5.95 Å². The van der Waals surface area contributed by atoms with Crippen molar-refractivity contribution < 1.29 is 4.74 Å². The Morgan fingerprint density at radius 1 is 1.29 bits per heavy atom. The maximum atomic E-state index is 5.69. The molecule has 88 valence electrons. The summed E-state index contributed by atoms with van der Waals surface area (Å²) in [5.41, 5.74) is 0.938. The summed E-state index contributed by atoms with van der Waals surface area (Å²) in [7, 11) is 1.59. The summed E-state index contributed by atoms with van der Waals surface area (Å²) in [5, 5.41) is 3.57. The predicted molar refractivity (Wildman–Crippen MR) is 65.2 cm³/mol. The van der Waals surface area contributed by atoms with E-state index in [-0.39, 0.29) is 0 Å². The number of anilines is 1. The van der Waals surface area contributed by atoms with Gasteiger partial charge < -0.3 is 10.1 Å². The summed E-state index contributed by atoms with van der Waals surface area (Å²) in [5.74, 6) is 1.11. The van der Waals surface area contributed by atoms with Crippen molar-refractivity contribution >= 4 is 17.5 Å². The average Bonchev–Trinajstić information content (AvgIpc) is 2.38. The molecule has 0 aliphatic heterocycles. The number of aromatic nitrogens is 3. The average molecular weight is 251 g/mol. The fourth-order valence-corrected chi connectivity index (χ4v) is 1.42. The fourth-order valence-electron chi connectivity index (χ4n) is 1.32. The molecule has 0 radical (unpaired) electrons. The second-order valence-corrected chi connectivity index (χ2v) is 3.69. The molecule has 2 rings (SSSR count). The number of hydrogen-bond acceptors (Lipinski definition) is 5. The second-order valence-electron chi connectivity index (χ2n) is 3.25. The number of rotatable bonds is 4. The third-order valence-electron chi connectivity index (χ3n) is 2.10. The lowest BCUT2D eigenvalue weighted by atomic mass is 10.3. The SMILES string of the molecule is COc1ncccc1CNc1ncc(Cl)cn1. The Labute approximate surface area is 104 Å². The first-order valence-electron chi connectivity index (χ1n) is 4.99. The van der Waals surface area contributed by atoms with Gasteiger partial charge in [-0.25, -0.2) is 15.0 Å². The molecule has 17 heavy (non-hydrogen) atoms. The quantitative estimate of drug-likeness (QED) is 0.901. The first kappa shape index (κ1) is 11.6. The van der Waals surface area contributed by atoms with Gasteiger partial charge in [-0.3, -0.25) is 0 Å². The van der Waals surface area contributed by atoms with Gasteiger partial charge in [0.15, 0.2) is 0 Å². The van der Waals surface area contributed by atoms with E-state index in [4.69, 9.17) is 16.3 Å². The van der Waals surface area contributed by atoms with Gasteiger partial charge in [-0.15, -0.1) is 0 Å². The van der Waals surface area contributed by atoms with E-state index in [1.165, 1.54) is 12.4 Å². The zero-order valence-corrected chi connectivity index (χ0v) is 9.98. The van der Waals surface area contributed by atoms with Crippen LogP contribution >= 0.6 is 11.6 Å². The molecular formula is C11H11ClN4O. The summed E-state index contributed by atoms with van der Waals surface area (Å²) in [6.45, 7) is 0.540. The highest BCUT2D eigenvalue weighted by molar-refractivity contribution is 6.30. The number of nitrogens with one attached hydrogen (secondary N) is 1. The Hall–Kier alpha value is -1.88. The van der Waals surface area contributed by atoms with Crippen molar-refractivity contribution in [3.63, 3.8) is 0 Å². The maximum Gasteiger partial charge on any atom is 0.222 e. The van der Waals surface area contributed by atoms with Crippen LogP contribution in [0.2, 0.25) is 5.02 Å². The van der Waals surface area contributed by atoms with E-state index in [0.29, 0.717) is 23.4 Å². The van der Waals surface area contributed by atoms with Crippen molar-refractivity contribution in [3.05, 3.63) is 41.3 Å². The van der Waals surface area contributed by atoms with Gasteiger partial charge in [0.2, 0.25) is 11.8 Å². The monoisotopic (exact) mass is 250 g/mol. The molecule has 0 aliphatic carbocycles. The molecule has 5 nitrogen and oxygen atoms in total. The molecule has 0 saturated carbocycles. The van der Waals surface area contributed by atoms with Crippen molar-refractivity contribution in [1.82, 2.24) is 15.0 Å². The van der Waals surface area contributed by atoms with Gasteiger partial charge >= 0.3 is 0 Å². The standard InChI is InChI=1S/C11H11ClN4O/c1-17-10-8(3-2-4-13-10)5-14-11-15-6-9(12)7-16-11/h2-4,6-7H,5H2,1H3,(H,14,15,16). The molecule has 2 heterocycles. The van der Waals surface area contributed by atoms with Gasteiger partial charge in [0, 0.05) is 18.3 Å². The van der Waals surface area contributed by atoms with Crippen molar-refractivity contribution in [3.8, 4) is 5.88 Å². The molecular weight excluding hydrogens is 240 g/mol. The zero-order chi connectivity index (χ0) is 12.1. The van der Waals surface area contributed by atoms with Crippen LogP contribution in [0.15, 0.2) is 30.7 Å². The topological polar surface area (TPSA) is 59.9 Å². The molecule has 6 heteroatoms. The van der Waals surface area contributed by atoms with Crippen molar-refractivity contribution in [2.24, 2.45) is 0 Å². The van der Waals surface area contributed by atoms with Crippen molar-refractivity contribution in [2.75, 3.05) is 12.4 Å². The minimum absolute atomic E-state index is 0.509. The molecule has 0 spiro atoms. The minimum Gasteiger partial charge on any atom is -0.481 e. The summed E-state index contributed by atoms with van der Waals surface area (Å²) in [6, 6.07) is 3.77. The van der Waals surface area contributed by atoms with Gasteiger partial charge in [0.25, 0.3) is 0 Å². The van der Waals surface area contributed by atoms with E-state index in [9.17, 15) is 0 Å². The van der Waals surface area contributed by atoms with Gasteiger partial charge in [-0.2, -0.15) is 0 Å². The van der Waals surface area contributed by atoms with E-state index in [1.807, 2.05) is 12.1 Å². The van der Waals surface area contributed by atoms with Crippen molar-refractivity contribution in [1.29, 1.82) is 0 Å². The van der Waals surface area contributed by atoms with E-state index >= 15 is 0 Å². The van der Waals surface area contributed by atoms with Crippen LogP contribution in [-0.2, 0) is 6.54 Å². The lowest BCUT2D eigenvalue weighted by molar-refractivity contribution is 0.393. The highest BCUT2D eigenvalue weighted by Crippen LogP contribution is 2.14. The fraction of sp³-hybridized carbons (Fsp3) is 0.182. The first-order valence-corrected chi connectivity index (χ1v) is 5.36. The Balaban J connectivity index is 2.04. The van der Waals surface area contributed by atoms with Crippen molar-refractivity contribution in [2.45, 2.75) is 6.54 Å². The van der Waals surface area contributed by atoms with E-state index in [2.05, 4.69) is 20.3 Å².